The molecule has 0 radical (unpaired) electrons. The fraction of sp³-hybridized carbons (Fsp3) is 0.429. The van der Waals surface area contributed by atoms with Gasteiger partial charge in [0.25, 0.3) is 5.91 Å². The van der Waals surface area contributed by atoms with Gasteiger partial charge in [0.05, 0.1) is 29.8 Å². The smallest absolute Gasteiger partial charge is 0.407 e. The minimum absolute atomic E-state index is 0.287. The van der Waals surface area contributed by atoms with E-state index in [0.717, 1.165) is 11.0 Å². The van der Waals surface area contributed by atoms with Crippen LogP contribution >= 0.6 is 0 Å². The standard InChI is InChI=1S/C28H36N4O6/c1-27(2,3)37-24(34)20-11-9-10-19(18-20)23(33)31-25-30-21-12-7-8-13-22(21)32(25)15-17-36-16-14-29-26(35)38-28(4,5)6/h7-13,18H,14-17H2,1-6H3,(H,29,35)(H,30,31,33). The van der Waals surface area contributed by atoms with E-state index in [1.807, 2.05) is 28.8 Å². The Bertz CT molecular complexity index is 1290. The zero-order valence-electron chi connectivity index (χ0n) is 22.8. The number of carbonyl (C=O) groups is 3. The normalized spacial score (nSPS) is 11.7. The average molecular weight is 525 g/mol. The Hall–Kier alpha value is -3.92. The lowest BCUT2D eigenvalue weighted by Crippen LogP contribution is -2.34. The van der Waals surface area contributed by atoms with Crippen LogP contribution in [0.4, 0.5) is 10.7 Å². The molecule has 0 saturated heterocycles. The number of nitrogens with one attached hydrogen (secondary N) is 2. The van der Waals surface area contributed by atoms with Crippen molar-refractivity contribution in [2.24, 2.45) is 0 Å². The van der Waals surface area contributed by atoms with Crippen molar-refractivity contribution >= 4 is 35.0 Å². The Labute approximate surface area is 222 Å². The average Bonchev–Trinajstić information content (AvgIpc) is 3.16. The second-order valence-corrected chi connectivity index (χ2v) is 10.7. The zero-order chi connectivity index (χ0) is 27.9. The second kappa shape index (κ2) is 12.1. The third-order valence-electron chi connectivity index (χ3n) is 5.01. The number of fused-ring (bicyclic) bond motifs is 1. The third-order valence-corrected chi connectivity index (χ3v) is 5.01. The molecule has 10 heteroatoms. The van der Waals surface area contributed by atoms with E-state index in [1.54, 1.807) is 59.7 Å². The summed E-state index contributed by atoms with van der Waals surface area (Å²) < 4.78 is 18.1. The Morgan fingerprint density at radius 3 is 2.26 bits per heavy atom. The van der Waals surface area contributed by atoms with Gasteiger partial charge in [0.15, 0.2) is 0 Å². The van der Waals surface area contributed by atoms with Crippen molar-refractivity contribution in [2.45, 2.75) is 59.3 Å². The predicted octanol–water partition coefficient (Wildman–Crippen LogP) is 4.79. The summed E-state index contributed by atoms with van der Waals surface area (Å²) in [6.07, 6.45) is -0.498. The number of hydrogen-bond acceptors (Lipinski definition) is 7. The van der Waals surface area contributed by atoms with Gasteiger partial charge in [-0.2, -0.15) is 0 Å². The van der Waals surface area contributed by atoms with Gasteiger partial charge in [0, 0.05) is 18.7 Å². The fourth-order valence-corrected chi connectivity index (χ4v) is 3.49. The molecule has 2 aromatic carbocycles. The molecule has 0 aliphatic carbocycles. The number of para-hydroxylation sites is 2. The molecule has 10 nitrogen and oxygen atoms in total. The summed E-state index contributed by atoms with van der Waals surface area (Å²) >= 11 is 0. The van der Waals surface area contributed by atoms with Gasteiger partial charge >= 0.3 is 12.1 Å². The fourth-order valence-electron chi connectivity index (χ4n) is 3.49. The highest BCUT2D eigenvalue weighted by molar-refractivity contribution is 6.05. The molecule has 0 spiro atoms. The van der Waals surface area contributed by atoms with Crippen molar-refractivity contribution in [3.05, 3.63) is 59.7 Å². The maximum atomic E-state index is 13.1. The minimum atomic E-state index is -0.645. The molecule has 0 saturated carbocycles. The first kappa shape index (κ1) is 28.6. The number of ether oxygens (including phenoxy) is 3. The summed E-state index contributed by atoms with van der Waals surface area (Å²) in [5, 5.41) is 5.50. The number of anilines is 1. The van der Waals surface area contributed by atoms with Crippen molar-refractivity contribution in [3.8, 4) is 0 Å². The monoisotopic (exact) mass is 524 g/mol. The lowest BCUT2D eigenvalue weighted by atomic mass is 10.1. The summed E-state index contributed by atoms with van der Waals surface area (Å²) in [6.45, 7) is 12.1. The van der Waals surface area contributed by atoms with Crippen LogP contribution in [0.25, 0.3) is 11.0 Å². The third kappa shape index (κ3) is 8.58. The van der Waals surface area contributed by atoms with Crippen LogP contribution in [0.3, 0.4) is 0 Å². The molecule has 3 aromatic rings. The van der Waals surface area contributed by atoms with Crippen molar-refractivity contribution in [1.29, 1.82) is 0 Å². The van der Waals surface area contributed by atoms with E-state index in [-0.39, 0.29) is 5.56 Å². The van der Waals surface area contributed by atoms with E-state index in [0.29, 0.717) is 37.8 Å². The lowest BCUT2D eigenvalue weighted by molar-refractivity contribution is 0.00691. The van der Waals surface area contributed by atoms with Crippen LogP contribution < -0.4 is 10.6 Å². The molecule has 3 rings (SSSR count). The number of nitrogens with zero attached hydrogens (tertiary/aromatic N) is 2. The molecular weight excluding hydrogens is 488 g/mol. The molecule has 2 amide bonds. The first-order valence-corrected chi connectivity index (χ1v) is 12.5. The van der Waals surface area contributed by atoms with E-state index in [9.17, 15) is 14.4 Å². The highest BCUT2D eigenvalue weighted by Gasteiger charge is 2.20. The lowest BCUT2D eigenvalue weighted by Gasteiger charge is -2.19. The van der Waals surface area contributed by atoms with Crippen LogP contribution in [-0.4, -0.2) is 58.5 Å². The quantitative estimate of drug-likeness (QED) is 0.305. The van der Waals surface area contributed by atoms with Gasteiger partial charge in [-0.3, -0.25) is 10.1 Å². The van der Waals surface area contributed by atoms with Crippen LogP contribution in [-0.2, 0) is 20.8 Å². The molecule has 0 aliphatic heterocycles. The number of carbonyl (C=O) groups excluding carboxylic acids is 3. The predicted molar refractivity (Wildman–Crippen MR) is 144 cm³/mol. The first-order chi connectivity index (χ1) is 17.8. The van der Waals surface area contributed by atoms with Gasteiger partial charge in [-0.25, -0.2) is 14.6 Å². The largest absolute Gasteiger partial charge is 0.456 e. The summed E-state index contributed by atoms with van der Waals surface area (Å²) in [7, 11) is 0. The maximum absolute atomic E-state index is 13.1. The van der Waals surface area contributed by atoms with Gasteiger partial charge in [-0.05, 0) is 71.9 Å². The number of imidazole rings is 1. The van der Waals surface area contributed by atoms with E-state index in [4.69, 9.17) is 14.2 Å². The first-order valence-electron chi connectivity index (χ1n) is 12.5. The Kier molecular flexibility index (Phi) is 9.11. The van der Waals surface area contributed by atoms with Crippen LogP contribution in [0.15, 0.2) is 48.5 Å². The molecule has 0 atom stereocenters. The number of alkyl carbamates (subject to hydrolysis) is 1. The van der Waals surface area contributed by atoms with Gasteiger partial charge in [0.2, 0.25) is 5.95 Å². The summed E-state index contributed by atoms with van der Waals surface area (Å²) in [5.74, 6) is -0.554. The summed E-state index contributed by atoms with van der Waals surface area (Å²) in [6, 6.07) is 13.9. The van der Waals surface area contributed by atoms with Crippen molar-refractivity contribution in [2.75, 3.05) is 25.1 Å². The van der Waals surface area contributed by atoms with Gasteiger partial charge < -0.3 is 24.1 Å². The maximum Gasteiger partial charge on any atom is 0.407 e. The number of amides is 2. The molecule has 0 fully saturated rings. The van der Waals surface area contributed by atoms with Crippen LogP contribution in [0.2, 0.25) is 0 Å². The zero-order valence-corrected chi connectivity index (χ0v) is 22.8. The highest BCUT2D eigenvalue weighted by Crippen LogP contribution is 2.21. The Morgan fingerprint density at radius 2 is 1.55 bits per heavy atom. The van der Waals surface area contributed by atoms with Crippen LogP contribution in [0.1, 0.15) is 62.3 Å². The molecule has 204 valence electrons. The Balaban J connectivity index is 1.64. The molecule has 0 unspecified atom stereocenters. The number of aromatic nitrogens is 2. The molecule has 1 aromatic heterocycles. The molecule has 0 bridgehead atoms. The minimum Gasteiger partial charge on any atom is -0.456 e. The van der Waals surface area contributed by atoms with E-state index in [2.05, 4.69) is 15.6 Å². The molecule has 38 heavy (non-hydrogen) atoms. The van der Waals surface area contributed by atoms with Crippen molar-refractivity contribution in [1.82, 2.24) is 14.9 Å². The SMILES string of the molecule is CC(C)(C)OC(=O)NCCOCCn1c(NC(=O)c2cccc(C(=O)OC(C)(C)C)c2)nc2ccccc21. The van der Waals surface area contributed by atoms with Crippen LogP contribution in [0, 0.1) is 0 Å². The van der Waals surface area contributed by atoms with Gasteiger partial charge in [-0.1, -0.05) is 18.2 Å². The Morgan fingerprint density at radius 1 is 0.868 bits per heavy atom. The summed E-state index contributed by atoms with van der Waals surface area (Å²) in [4.78, 5) is 41.8. The molecule has 1 heterocycles. The van der Waals surface area contributed by atoms with E-state index < -0.39 is 29.2 Å². The topological polar surface area (TPSA) is 121 Å². The van der Waals surface area contributed by atoms with Gasteiger partial charge in [0.1, 0.15) is 11.2 Å². The molecule has 0 aliphatic rings. The molecule has 2 N–H and O–H groups in total. The number of benzene rings is 2. The van der Waals surface area contributed by atoms with E-state index >= 15 is 0 Å². The van der Waals surface area contributed by atoms with Crippen molar-refractivity contribution in [3.63, 3.8) is 0 Å². The van der Waals surface area contributed by atoms with Crippen molar-refractivity contribution < 1.29 is 28.6 Å². The molecular formula is C28H36N4O6. The number of hydrogen-bond donors (Lipinski definition) is 2. The number of esters is 1. The number of rotatable bonds is 9. The van der Waals surface area contributed by atoms with Gasteiger partial charge in [-0.15, -0.1) is 0 Å². The summed E-state index contributed by atoms with van der Waals surface area (Å²) in [5.41, 5.74) is 0.933. The van der Waals surface area contributed by atoms with Crippen LogP contribution in [0.5, 0.6) is 0 Å². The second-order valence-electron chi connectivity index (χ2n) is 10.7. The van der Waals surface area contributed by atoms with E-state index in [1.165, 1.54) is 6.07 Å². The highest BCUT2D eigenvalue weighted by atomic mass is 16.6.